The summed E-state index contributed by atoms with van der Waals surface area (Å²) in [7, 11) is 1.61. The fourth-order valence-corrected chi connectivity index (χ4v) is 3.59. The van der Waals surface area contributed by atoms with E-state index in [1.54, 1.807) is 24.6 Å². The molecule has 0 amide bonds. The zero-order valence-electron chi connectivity index (χ0n) is 11.3. The molecule has 0 fully saturated rings. The van der Waals surface area contributed by atoms with Crippen molar-refractivity contribution < 1.29 is 14.6 Å². The van der Waals surface area contributed by atoms with Crippen LogP contribution < -0.4 is 4.74 Å². The third-order valence-corrected chi connectivity index (χ3v) is 4.83. The van der Waals surface area contributed by atoms with E-state index < -0.39 is 5.97 Å². The number of halogens is 1. The second kappa shape index (κ2) is 5.16. The number of rotatable bonds is 3. The number of ether oxygens (including phenoxy) is 1. The number of thiazole rings is 1. The lowest BCUT2D eigenvalue weighted by molar-refractivity contribution is 0.0688. The van der Waals surface area contributed by atoms with Crippen molar-refractivity contribution in [2.75, 3.05) is 7.11 Å². The average molecular weight is 367 g/mol. The second-order valence-corrected chi connectivity index (χ2v) is 6.31. The highest BCUT2D eigenvalue weighted by molar-refractivity contribution is 9.10. The summed E-state index contributed by atoms with van der Waals surface area (Å²) in [6, 6.07) is 5.76. The van der Waals surface area contributed by atoms with Crippen LogP contribution in [-0.4, -0.2) is 27.6 Å². The predicted molar refractivity (Wildman–Crippen MR) is 84.5 cm³/mol. The molecule has 0 aliphatic carbocycles. The number of aryl methyl sites for hydroxylation is 1. The molecule has 0 unspecified atom stereocenters. The highest BCUT2D eigenvalue weighted by atomic mass is 79.9. The molecule has 7 heteroatoms. The Labute approximate surface area is 132 Å². The van der Waals surface area contributed by atoms with Gasteiger partial charge in [-0.1, -0.05) is 17.4 Å². The number of methoxy groups -OCH3 is 1. The van der Waals surface area contributed by atoms with Gasteiger partial charge >= 0.3 is 5.97 Å². The monoisotopic (exact) mass is 366 g/mol. The average Bonchev–Trinajstić information content (AvgIpc) is 2.95. The second-order valence-electron chi connectivity index (χ2n) is 4.45. The summed E-state index contributed by atoms with van der Waals surface area (Å²) in [6.07, 6.45) is 1.80. The number of hydrogen-bond donors (Lipinski definition) is 1. The summed E-state index contributed by atoms with van der Waals surface area (Å²) < 4.78 is 7.77. The van der Waals surface area contributed by atoms with Crippen molar-refractivity contribution in [3.8, 4) is 16.2 Å². The van der Waals surface area contributed by atoms with Crippen LogP contribution in [0.3, 0.4) is 0 Å². The number of carboxylic acid groups (broad SMARTS) is 1. The largest absolute Gasteiger partial charge is 0.496 e. The summed E-state index contributed by atoms with van der Waals surface area (Å²) in [6.45, 7) is 1.70. The van der Waals surface area contributed by atoms with E-state index in [0.717, 1.165) is 20.7 Å². The zero-order chi connectivity index (χ0) is 15.1. The van der Waals surface area contributed by atoms with Gasteiger partial charge in [-0.25, -0.2) is 9.78 Å². The minimum absolute atomic E-state index is 0.205. The van der Waals surface area contributed by atoms with Crippen LogP contribution in [0, 0.1) is 6.92 Å². The molecule has 0 bridgehead atoms. The van der Waals surface area contributed by atoms with Gasteiger partial charge in [0.15, 0.2) is 10.7 Å². The molecule has 2 heterocycles. The van der Waals surface area contributed by atoms with Gasteiger partial charge in [0, 0.05) is 6.20 Å². The number of aromatic nitrogens is 2. The van der Waals surface area contributed by atoms with Crippen molar-refractivity contribution in [3.63, 3.8) is 0 Å². The standard InChI is InChI=1S/C14H11BrN2O3S/c1-7-12(13(18)19)17-6-11(21-14(17)16-7)8-3-4-9(15)10(5-8)20-2/h3-6H,1-2H3,(H,18,19). The van der Waals surface area contributed by atoms with E-state index in [4.69, 9.17) is 4.74 Å². The molecule has 108 valence electrons. The van der Waals surface area contributed by atoms with Crippen molar-refractivity contribution in [1.82, 2.24) is 9.38 Å². The summed E-state index contributed by atoms with van der Waals surface area (Å²) in [5, 5.41) is 9.27. The first-order chi connectivity index (χ1) is 10.0. The Bertz CT molecular complexity index is 853. The quantitative estimate of drug-likeness (QED) is 0.764. The number of nitrogens with zero attached hydrogens (tertiary/aromatic N) is 2. The van der Waals surface area contributed by atoms with Gasteiger partial charge in [-0.15, -0.1) is 0 Å². The molecule has 3 rings (SSSR count). The minimum atomic E-state index is -0.974. The number of fused-ring (bicyclic) bond motifs is 1. The number of imidazole rings is 1. The molecule has 1 aromatic carbocycles. The molecule has 1 N–H and O–H groups in total. The first-order valence-corrected chi connectivity index (χ1v) is 7.68. The molecule has 0 aliphatic heterocycles. The Morgan fingerprint density at radius 3 is 2.90 bits per heavy atom. The molecule has 0 aliphatic rings. The van der Waals surface area contributed by atoms with E-state index in [9.17, 15) is 9.90 Å². The highest BCUT2D eigenvalue weighted by Gasteiger charge is 2.18. The van der Waals surface area contributed by atoms with Crippen LogP contribution in [0.25, 0.3) is 15.4 Å². The van der Waals surface area contributed by atoms with Crippen molar-refractivity contribution in [2.45, 2.75) is 6.92 Å². The van der Waals surface area contributed by atoms with Crippen LogP contribution in [0.2, 0.25) is 0 Å². The van der Waals surface area contributed by atoms with Crippen LogP contribution >= 0.6 is 27.3 Å². The highest BCUT2D eigenvalue weighted by Crippen LogP contribution is 2.34. The van der Waals surface area contributed by atoms with E-state index in [0.29, 0.717) is 10.7 Å². The van der Waals surface area contributed by atoms with Crippen LogP contribution in [0.1, 0.15) is 16.2 Å². The van der Waals surface area contributed by atoms with Gasteiger partial charge in [-0.05, 0) is 40.5 Å². The van der Waals surface area contributed by atoms with Gasteiger partial charge in [0.25, 0.3) is 0 Å². The van der Waals surface area contributed by atoms with E-state index in [2.05, 4.69) is 20.9 Å². The van der Waals surface area contributed by atoms with Crippen molar-refractivity contribution >= 4 is 38.2 Å². The van der Waals surface area contributed by atoms with Gasteiger partial charge in [0.05, 0.1) is 22.2 Å². The molecule has 0 radical (unpaired) electrons. The molecule has 0 spiro atoms. The maximum atomic E-state index is 11.3. The van der Waals surface area contributed by atoms with Crippen LogP contribution in [0.5, 0.6) is 5.75 Å². The van der Waals surface area contributed by atoms with Crippen LogP contribution in [-0.2, 0) is 0 Å². The molecule has 21 heavy (non-hydrogen) atoms. The maximum absolute atomic E-state index is 11.3. The van der Waals surface area contributed by atoms with E-state index in [1.807, 2.05) is 18.2 Å². The third kappa shape index (κ3) is 2.32. The third-order valence-electron chi connectivity index (χ3n) is 3.14. The minimum Gasteiger partial charge on any atom is -0.496 e. The normalized spacial score (nSPS) is 11.0. The summed E-state index contributed by atoms with van der Waals surface area (Å²) >= 11 is 4.86. The molecule has 0 atom stereocenters. The summed E-state index contributed by atoms with van der Waals surface area (Å²) in [4.78, 5) is 17.2. The molecule has 3 aromatic rings. The molecule has 2 aromatic heterocycles. The van der Waals surface area contributed by atoms with Crippen molar-refractivity contribution in [3.05, 3.63) is 40.3 Å². The lowest BCUT2D eigenvalue weighted by atomic mass is 10.2. The Balaban J connectivity index is 2.16. The first kappa shape index (κ1) is 14.1. The number of carbonyl (C=O) groups is 1. The van der Waals surface area contributed by atoms with Crippen LogP contribution in [0.4, 0.5) is 0 Å². The molecular formula is C14H11BrN2O3S. The number of hydrogen-bond acceptors (Lipinski definition) is 4. The van der Waals surface area contributed by atoms with Gasteiger partial charge in [-0.3, -0.25) is 4.40 Å². The fourth-order valence-electron chi connectivity index (χ4n) is 2.16. The van der Waals surface area contributed by atoms with Gasteiger partial charge < -0.3 is 9.84 Å². The topological polar surface area (TPSA) is 63.8 Å². The molecule has 0 saturated carbocycles. The van der Waals surface area contributed by atoms with Crippen LogP contribution in [0.15, 0.2) is 28.9 Å². The van der Waals surface area contributed by atoms with E-state index >= 15 is 0 Å². The summed E-state index contributed by atoms with van der Waals surface area (Å²) in [5.41, 5.74) is 1.69. The predicted octanol–water partition coefficient (Wildman–Crippen LogP) is 3.84. The Morgan fingerprint density at radius 1 is 1.48 bits per heavy atom. The molecule has 5 nitrogen and oxygen atoms in total. The maximum Gasteiger partial charge on any atom is 0.354 e. The number of benzene rings is 1. The lowest BCUT2D eigenvalue weighted by Crippen LogP contribution is -2.02. The first-order valence-electron chi connectivity index (χ1n) is 6.07. The Kier molecular flexibility index (Phi) is 3.46. The van der Waals surface area contributed by atoms with Crippen molar-refractivity contribution in [2.24, 2.45) is 0 Å². The van der Waals surface area contributed by atoms with Gasteiger partial charge in [0.2, 0.25) is 0 Å². The van der Waals surface area contributed by atoms with E-state index in [-0.39, 0.29) is 5.69 Å². The van der Waals surface area contributed by atoms with Crippen molar-refractivity contribution in [1.29, 1.82) is 0 Å². The Hall–Kier alpha value is -1.86. The van der Waals surface area contributed by atoms with Gasteiger partial charge in [-0.2, -0.15) is 0 Å². The SMILES string of the molecule is COc1cc(-c2cn3c(C(=O)O)c(C)nc3s2)ccc1Br. The number of aromatic carboxylic acids is 1. The number of carboxylic acids is 1. The van der Waals surface area contributed by atoms with E-state index in [1.165, 1.54) is 11.3 Å². The lowest BCUT2D eigenvalue weighted by Gasteiger charge is -2.04. The molecule has 0 saturated heterocycles. The summed E-state index contributed by atoms with van der Waals surface area (Å²) in [5.74, 6) is -0.245. The fraction of sp³-hybridized carbons (Fsp3) is 0.143. The smallest absolute Gasteiger partial charge is 0.354 e. The van der Waals surface area contributed by atoms with Gasteiger partial charge in [0.1, 0.15) is 5.75 Å². The molecular weight excluding hydrogens is 356 g/mol. The zero-order valence-corrected chi connectivity index (χ0v) is 13.7. The Morgan fingerprint density at radius 2 is 2.24 bits per heavy atom.